The zero-order valence-electron chi connectivity index (χ0n) is 15.6. The fourth-order valence-electron chi connectivity index (χ4n) is 4.31. The lowest BCUT2D eigenvalue weighted by molar-refractivity contribution is -0.115. The maximum absolute atomic E-state index is 11.6. The quantitative estimate of drug-likeness (QED) is 0.867. The second-order valence-electron chi connectivity index (χ2n) is 8.33. The molecule has 3 nitrogen and oxygen atoms in total. The molecule has 2 aliphatic rings. The van der Waals surface area contributed by atoms with Crippen molar-refractivity contribution in [2.75, 3.05) is 18.4 Å². The van der Waals surface area contributed by atoms with Crippen LogP contribution in [0.15, 0.2) is 18.2 Å². The van der Waals surface area contributed by atoms with Gasteiger partial charge < -0.3 is 10.2 Å². The topological polar surface area (TPSA) is 32.3 Å². The molecule has 0 saturated carbocycles. The first-order valence-corrected chi connectivity index (χ1v) is 9.60. The standard InChI is InChI=1S/C21H32N2O/c1-14(2)5-6-16(4)23-10-9-19(15(3)13-23)17-7-8-20-18(11-17)12-21(24)22-20/h7-8,11,14-16,19H,5-6,9-10,12-13H2,1-4H3,(H,22,24). The third-order valence-electron chi connectivity index (χ3n) is 5.90. The Hall–Kier alpha value is -1.35. The van der Waals surface area contributed by atoms with Crippen LogP contribution in [0.3, 0.4) is 0 Å². The van der Waals surface area contributed by atoms with Crippen LogP contribution in [0, 0.1) is 11.8 Å². The van der Waals surface area contributed by atoms with E-state index in [1.165, 1.54) is 43.5 Å². The second kappa shape index (κ2) is 7.26. The van der Waals surface area contributed by atoms with Gasteiger partial charge in [-0.15, -0.1) is 0 Å². The highest BCUT2D eigenvalue weighted by atomic mass is 16.1. The molecule has 1 saturated heterocycles. The first kappa shape index (κ1) is 17.5. The Morgan fingerprint density at radius 1 is 1.25 bits per heavy atom. The number of benzene rings is 1. The highest BCUT2D eigenvalue weighted by Crippen LogP contribution is 2.36. The van der Waals surface area contributed by atoms with Crippen LogP contribution in [0.25, 0.3) is 0 Å². The van der Waals surface area contributed by atoms with E-state index in [-0.39, 0.29) is 5.91 Å². The van der Waals surface area contributed by atoms with Gasteiger partial charge in [-0.25, -0.2) is 0 Å². The Kier molecular flexibility index (Phi) is 5.29. The van der Waals surface area contributed by atoms with Gasteiger partial charge in [-0.05, 0) is 67.7 Å². The normalized spacial score (nSPS) is 25.6. The number of hydrogen-bond donors (Lipinski definition) is 1. The van der Waals surface area contributed by atoms with Crippen molar-refractivity contribution in [1.29, 1.82) is 0 Å². The van der Waals surface area contributed by atoms with Crippen LogP contribution in [0.5, 0.6) is 0 Å². The number of amides is 1. The Morgan fingerprint density at radius 2 is 2.04 bits per heavy atom. The molecule has 1 aromatic rings. The second-order valence-corrected chi connectivity index (χ2v) is 8.33. The summed E-state index contributed by atoms with van der Waals surface area (Å²) in [5.74, 6) is 2.22. The van der Waals surface area contributed by atoms with Gasteiger partial charge in [-0.2, -0.15) is 0 Å². The Bertz CT molecular complexity index is 596. The number of rotatable bonds is 5. The minimum Gasteiger partial charge on any atom is -0.326 e. The van der Waals surface area contributed by atoms with Crippen molar-refractivity contribution in [3.8, 4) is 0 Å². The average molecular weight is 329 g/mol. The fourth-order valence-corrected chi connectivity index (χ4v) is 4.31. The maximum atomic E-state index is 11.6. The predicted molar refractivity (Wildman–Crippen MR) is 100 cm³/mol. The van der Waals surface area contributed by atoms with Crippen molar-refractivity contribution in [3.05, 3.63) is 29.3 Å². The molecule has 0 spiro atoms. The van der Waals surface area contributed by atoms with Gasteiger partial charge in [0.2, 0.25) is 5.91 Å². The monoisotopic (exact) mass is 328 g/mol. The average Bonchev–Trinajstić information content (AvgIpc) is 2.91. The molecule has 1 fully saturated rings. The fraction of sp³-hybridized carbons (Fsp3) is 0.667. The van der Waals surface area contributed by atoms with Crippen LogP contribution in [0.4, 0.5) is 5.69 Å². The smallest absolute Gasteiger partial charge is 0.228 e. The lowest BCUT2D eigenvalue weighted by Gasteiger charge is -2.40. The molecular formula is C21H32N2O. The molecule has 3 heteroatoms. The maximum Gasteiger partial charge on any atom is 0.228 e. The molecule has 0 radical (unpaired) electrons. The molecule has 132 valence electrons. The highest BCUT2D eigenvalue weighted by Gasteiger charge is 2.30. The van der Waals surface area contributed by atoms with E-state index in [2.05, 4.69) is 56.1 Å². The molecule has 0 aromatic heterocycles. The minimum atomic E-state index is 0.129. The van der Waals surface area contributed by atoms with Crippen molar-refractivity contribution in [3.63, 3.8) is 0 Å². The number of nitrogens with zero attached hydrogens (tertiary/aromatic N) is 1. The minimum absolute atomic E-state index is 0.129. The molecule has 24 heavy (non-hydrogen) atoms. The zero-order chi connectivity index (χ0) is 17.3. The van der Waals surface area contributed by atoms with Crippen LogP contribution < -0.4 is 5.32 Å². The van der Waals surface area contributed by atoms with Crippen molar-refractivity contribution in [2.45, 2.75) is 65.3 Å². The lowest BCUT2D eigenvalue weighted by atomic mass is 9.80. The number of anilines is 1. The Morgan fingerprint density at radius 3 is 2.75 bits per heavy atom. The van der Waals surface area contributed by atoms with E-state index >= 15 is 0 Å². The van der Waals surface area contributed by atoms with Crippen LogP contribution in [-0.2, 0) is 11.2 Å². The summed E-state index contributed by atoms with van der Waals surface area (Å²) in [6, 6.07) is 7.29. The van der Waals surface area contributed by atoms with E-state index in [4.69, 9.17) is 0 Å². The van der Waals surface area contributed by atoms with Crippen molar-refractivity contribution >= 4 is 11.6 Å². The number of hydrogen-bond acceptors (Lipinski definition) is 2. The molecular weight excluding hydrogens is 296 g/mol. The van der Waals surface area contributed by atoms with Crippen LogP contribution >= 0.6 is 0 Å². The predicted octanol–water partition coefficient (Wildman–Crippen LogP) is 4.43. The van der Waals surface area contributed by atoms with E-state index in [0.29, 0.717) is 24.3 Å². The van der Waals surface area contributed by atoms with Crippen molar-refractivity contribution < 1.29 is 4.79 Å². The zero-order valence-corrected chi connectivity index (χ0v) is 15.6. The largest absolute Gasteiger partial charge is 0.326 e. The molecule has 3 rings (SSSR count). The molecule has 0 aliphatic carbocycles. The van der Waals surface area contributed by atoms with Crippen LogP contribution in [0.1, 0.15) is 64.0 Å². The summed E-state index contributed by atoms with van der Waals surface area (Å²) in [5, 5.41) is 2.94. The van der Waals surface area contributed by atoms with E-state index < -0.39 is 0 Å². The molecule has 0 bridgehead atoms. The van der Waals surface area contributed by atoms with Gasteiger partial charge in [0.25, 0.3) is 0 Å². The molecule has 3 atom stereocenters. The Balaban J connectivity index is 1.62. The molecule has 2 heterocycles. The van der Waals surface area contributed by atoms with E-state index in [9.17, 15) is 4.79 Å². The summed E-state index contributed by atoms with van der Waals surface area (Å²) in [4.78, 5) is 14.2. The SMILES string of the molecule is CC(C)CCC(C)N1CCC(c2ccc3c(c2)CC(=O)N3)C(C)C1. The molecule has 1 amide bonds. The molecule has 1 N–H and O–H groups in total. The first-order valence-electron chi connectivity index (χ1n) is 9.60. The van der Waals surface area contributed by atoms with E-state index in [1.54, 1.807) is 0 Å². The number of carbonyl (C=O) groups excluding carboxylic acids is 1. The van der Waals surface area contributed by atoms with Crippen molar-refractivity contribution in [1.82, 2.24) is 4.90 Å². The summed E-state index contributed by atoms with van der Waals surface area (Å²) < 4.78 is 0. The lowest BCUT2D eigenvalue weighted by Crippen LogP contribution is -2.43. The summed E-state index contributed by atoms with van der Waals surface area (Å²) in [5.41, 5.74) is 3.61. The molecule has 2 aliphatic heterocycles. The summed E-state index contributed by atoms with van der Waals surface area (Å²) in [6.07, 6.45) is 4.40. The van der Waals surface area contributed by atoms with Gasteiger partial charge in [-0.1, -0.05) is 32.9 Å². The number of fused-ring (bicyclic) bond motifs is 1. The third-order valence-corrected chi connectivity index (χ3v) is 5.90. The molecule has 1 aromatic carbocycles. The number of piperidine rings is 1. The van der Waals surface area contributed by atoms with Gasteiger partial charge in [-0.3, -0.25) is 4.79 Å². The summed E-state index contributed by atoms with van der Waals surface area (Å²) >= 11 is 0. The van der Waals surface area contributed by atoms with Crippen molar-refractivity contribution in [2.24, 2.45) is 11.8 Å². The number of likely N-dealkylation sites (tertiary alicyclic amines) is 1. The summed E-state index contributed by atoms with van der Waals surface area (Å²) in [6.45, 7) is 11.8. The third kappa shape index (κ3) is 3.83. The first-order chi connectivity index (χ1) is 11.4. The highest BCUT2D eigenvalue weighted by molar-refractivity contribution is 5.99. The van der Waals surface area contributed by atoms with Gasteiger partial charge >= 0.3 is 0 Å². The number of nitrogens with one attached hydrogen (secondary N) is 1. The van der Waals surface area contributed by atoms with Crippen LogP contribution in [0.2, 0.25) is 0 Å². The Labute approximate surface area is 146 Å². The van der Waals surface area contributed by atoms with Gasteiger partial charge in [0.05, 0.1) is 6.42 Å². The molecule has 3 unspecified atom stereocenters. The van der Waals surface area contributed by atoms with E-state index in [1.807, 2.05) is 0 Å². The van der Waals surface area contributed by atoms with Gasteiger partial charge in [0.1, 0.15) is 0 Å². The van der Waals surface area contributed by atoms with E-state index in [0.717, 1.165) is 11.6 Å². The number of carbonyl (C=O) groups is 1. The summed E-state index contributed by atoms with van der Waals surface area (Å²) in [7, 11) is 0. The van der Waals surface area contributed by atoms with Crippen LogP contribution in [-0.4, -0.2) is 29.9 Å². The van der Waals surface area contributed by atoms with Gasteiger partial charge in [0, 0.05) is 18.3 Å². The van der Waals surface area contributed by atoms with Gasteiger partial charge in [0.15, 0.2) is 0 Å².